The summed E-state index contributed by atoms with van der Waals surface area (Å²) in [5.74, 6) is 1.13. The topological polar surface area (TPSA) is 76.0 Å². The third-order valence-corrected chi connectivity index (χ3v) is 5.61. The van der Waals surface area contributed by atoms with Gasteiger partial charge in [-0.25, -0.2) is 0 Å². The summed E-state index contributed by atoms with van der Waals surface area (Å²) in [5.41, 5.74) is 5.35. The zero-order valence-corrected chi connectivity index (χ0v) is 17.5. The number of rotatable bonds is 8. The highest BCUT2D eigenvalue weighted by atomic mass is 31.2. The van der Waals surface area contributed by atoms with Gasteiger partial charge in [0.1, 0.15) is 11.5 Å². The molecule has 0 aliphatic carbocycles. The number of phenols is 1. The van der Waals surface area contributed by atoms with E-state index in [9.17, 15) is 14.6 Å². The molecule has 2 aromatic carbocycles. The van der Waals surface area contributed by atoms with Gasteiger partial charge in [0.05, 0.1) is 6.61 Å². The molecule has 1 atom stereocenters. The summed E-state index contributed by atoms with van der Waals surface area (Å²) >= 11 is 0. The first-order valence-electron chi connectivity index (χ1n) is 9.14. The molecule has 0 saturated heterocycles. The van der Waals surface area contributed by atoms with Crippen LogP contribution in [-0.2, 0) is 15.5 Å². The van der Waals surface area contributed by atoms with Gasteiger partial charge < -0.3 is 19.3 Å². The average Bonchev–Trinajstić information content (AvgIpc) is 2.57. The van der Waals surface area contributed by atoms with Crippen LogP contribution in [0.1, 0.15) is 54.5 Å². The van der Waals surface area contributed by atoms with E-state index in [1.165, 1.54) is 5.56 Å². The molecule has 2 aromatic rings. The number of phenolic OH excluding ortho intramolecular Hbond substituents is 1. The highest BCUT2D eigenvalue weighted by molar-refractivity contribution is 7.52. The molecule has 2 rings (SSSR count). The van der Waals surface area contributed by atoms with E-state index in [1.807, 2.05) is 38.1 Å². The Morgan fingerprint density at radius 2 is 1.74 bits per heavy atom. The van der Waals surface area contributed by atoms with Crippen molar-refractivity contribution < 1.29 is 23.8 Å². The maximum Gasteiger partial charge on any atom is 0.365 e. The summed E-state index contributed by atoms with van der Waals surface area (Å²) in [6.45, 7) is 9.95. The molecule has 0 aliphatic heterocycles. The largest absolute Gasteiger partial charge is 0.508 e. The molecule has 0 aliphatic rings. The van der Waals surface area contributed by atoms with Crippen molar-refractivity contribution in [2.75, 3.05) is 13.0 Å². The minimum Gasteiger partial charge on any atom is -0.508 e. The van der Waals surface area contributed by atoms with Crippen molar-refractivity contribution in [1.82, 2.24) is 0 Å². The van der Waals surface area contributed by atoms with E-state index < -0.39 is 7.60 Å². The Hall–Kier alpha value is -1.81. The first-order valence-corrected chi connectivity index (χ1v) is 10.9. The van der Waals surface area contributed by atoms with Gasteiger partial charge in [-0.2, -0.15) is 0 Å². The molecule has 0 saturated carbocycles. The van der Waals surface area contributed by atoms with Crippen LogP contribution in [0, 0.1) is 13.8 Å². The lowest BCUT2D eigenvalue weighted by molar-refractivity contribution is 0.241. The number of aryl methyl sites for hydroxylation is 2. The van der Waals surface area contributed by atoms with Gasteiger partial charge in [0.25, 0.3) is 0 Å². The van der Waals surface area contributed by atoms with Crippen molar-refractivity contribution in [3.63, 3.8) is 0 Å². The van der Waals surface area contributed by atoms with Crippen molar-refractivity contribution in [3.05, 3.63) is 58.1 Å². The van der Waals surface area contributed by atoms with Crippen LogP contribution in [-0.4, -0.2) is 23.0 Å². The van der Waals surface area contributed by atoms with Crippen LogP contribution in [0.3, 0.4) is 0 Å². The Morgan fingerprint density at radius 3 is 2.30 bits per heavy atom. The van der Waals surface area contributed by atoms with Crippen LogP contribution in [0.25, 0.3) is 0 Å². The second kappa shape index (κ2) is 8.92. The average molecular weight is 392 g/mol. The maximum atomic E-state index is 11.8. The van der Waals surface area contributed by atoms with Crippen LogP contribution < -0.4 is 4.74 Å². The lowest BCUT2D eigenvalue weighted by atomic mass is 9.93. The first kappa shape index (κ1) is 21.5. The van der Waals surface area contributed by atoms with Gasteiger partial charge >= 0.3 is 7.60 Å². The fourth-order valence-corrected chi connectivity index (χ4v) is 3.88. The molecule has 0 bridgehead atoms. The van der Waals surface area contributed by atoms with E-state index in [4.69, 9.17) is 9.26 Å². The SMILES string of the molecule is CCOP(=O)(O)COc1cc(C)c(Cc2ccc(O)c(C(C)C)c2)c(C)c1. The summed E-state index contributed by atoms with van der Waals surface area (Å²) in [5, 5.41) is 10.0. The first-order chi connectivity index (χ1) is 12.6. The van der Waals surface area contributed by atoms with Gasteiger partial charge in [-0.15, -0.1) is 0 Å². The van der Waals surface area contributed by atoms with E-state index in [-0.39, 0.29) is 18.9 Å². The van der Waals surface area contributed by atoms with Crippen LogP contribution in [0.15, 0.2) is 30.3 Å². The van der Waals surface area contributed by atoms with Crippen LogP contribution in [0.5, 0.6) is 11.5 Å². The highest BCUT2D eigenvalue weighted by Gasteiger charge is 2.20. The Kier molecular flexibility index (Phi) is 7.10. The van der Waals surface area contributed by atoms with E-state index in [1.54, 1.807) is 13.0 Å². The summed E-state index contributed by atoms with van der Waals surface area (Å²) in [4.78, 5) is 9.64. The molecule has 2 N–H and O–H groups in total. The fraction of sp³-hybridized carbons (Fsp3) is 0.429. The minimum atomic E-state index is -3.72. The molecule has 0 heterocycles. The number of benzene rings is 2. The van der Waals surface area contributed by atoms with Crippen molar-refractivity contribution in [2.24, 2.45) is 0 Å². The number of aromatic hydroxyl groups is 1. The Balaban J connectivity index is 2.20. The van der Waals surface area contributed by atoms with Gasteiger partial charge in [0.2, 0.25) is 0 Å². The van der Waals surface area contributed by atoms with Crippen LogP contribution >= 0.6 is 7.60 Å². The summed E-state index contributed by atoms with van der Waals surface area (Å²) in [6, 6.07) is 9.48. The molecule has 0 radical (unpaired) electrons. The summed E-state index contributed by atoms with van der Waals surface area (Å²) < 4.78 is 22.1. The number of hydrogen-bond acceptors (Lipinski definition) is 4. The van der Waals surface area contributed by atoms with Crippen molar-refractivity contribution >= 4 is 7.60 Å². The third kappa shape index (κ3) is 5.83. The molecule has 148 valence electrons. The summed E-state index contributed by atoms with van der Waals surface area (Å²) in [6.07, 6.45) is 0.379. The second-order valence-electron chi connectivity index (χ2n) is 7.09. The molecule has 27 heavy (non-hydrogen) atoms. The monoisotopic (exact) mass is 392 g/mol. The fourth-order valence-electron chi connectivity index (χ4n) is 3.09. The van der Waals surface area contributed by atoms with E-state index >= 15 is 0 Å². The third-order valence-electron chi connectivity index (χ3n) is 4.49. The lowest BCUT2D eigenvalue weighted by Gasteiger charge is -2.16. The summed E-state index contributed by atoms with van der Waals surface area (Å²) in [7, 11) is -3.72. The molecule has 0 spiro atoms. The highest BCUT2D eigenvalue weighted by Crippen LogP contribution is 2.42. The quantitative estimate of drug-likeness (QED) is 0.598. The maximum absolute atomic E-state index is 11.8. The van der Waals surface area contributed by atoms with E-state index in [0.717, 1.165) is 28.7 Å². The van der Waals surface area contributed by atoms with Crippen LogP contribution in [0.2, 0.25) is 0 Å². The zero-order chi connectivity index (χ0) is 20.2. The Labute approximate surface area is 161 Å². The van der Waals surface area contributed by atoms with Crippen molar-refractivity contribution in [3.8, 4) is 11.5 Å². The predicted octanol–water partition coefficient (Wildman–Crippen LogP) is 5.28. The number of hydrogen-bond donors (Lipinski definition) is 2. The molecule has 1 unspecified atom stereocenters. The molecule has 0 fully saturated rings. The molecule has 5 nitrogen and oxygen atoms in total. The van der Waals surface area contributed by atoms with Gasteiger partial charge in [-0.3, -0.25) is 4.57 Å². The molecule has 0 amide bonds. The van der Waals surface area contributed by atoms with E-state index in [2.05, 4.69) is 13.8 Å². The second-order valence-corrected chi connectivity index (χ2v) is 8.88. The standard InChI is InChI=1S/C21H29O5P/c1-6-26-27(23,24)13-25-18-9-15(4)20(16(5)10-18)12-17-7-8-21(22)19(11-17)14(2)3/h7-11,14,22H,6,12-13H2,1-5H3,(H,23,24). The Bertz CT molecular complexity index is 821. The smallest absolute Gasteiger partial charge is 0.365 e. The lowest BCUT2D eigenvalue weighted by Crippen LogP contribution is -2.04. The van der Waals surface area contributed by atoms with Crippen molar-refractivity contribution in [2.45, 2.75) is 47.0 Å². The van der Waals surface area contributed by atoms with Gasteiger partial charge in [0, 0.05) is 0 Å². The normalized spacial score (nSPS) is 13.6. The zero-order valence-electron chi connectivity index (χ0n) is 16.7. The molecule has 6 heteroatoms. The van der Waals surface area contributed by atoms with Gasteiger partial charge in [0.15, 0.2) is 6.35 Å². The molecular weight excluding hydrogens is 363 g/mol. The minimum absolute atomic E-state index is 0.166. The molecule has 0 aromatic heterocycles. The molecular formula is C21H29O5P. The van der Waals surface area contributed by atoms with Crippen LogP contribution in [0.4, 0.5) is 0 Å². The van der Waals surface area contributed by atoms with Crippen molar-refractivity contribution in [1.29, 1.82) is 0 Å². The van der Waals surface area contributed by atoms with Gasteiger partial charge in [-0.05, 0) is 79.1 Å². The number of ether oxygens (including phenoxy) is 1. The van der Waals surface area contributed by atoms with E-state index in [0.29, 0.717) is 11.5 Å². The predicted molar refractivity (Wildman–Crippen MR) is 108 cm³/mol. The Morgan fingerprint density at radius 1 is 1.11 bits per heavy atom. The van der Waals surface area contributed by atoms with Gasteiger partial charge in [-0.1, -0.05) is 26.0 Å².